The predicted molar refractivity (Wildman–Crippen MR) is 212 cm³/mol. The number of carbonyl (C=O) groups is 6. The summed E-state index contributed by atoms with van der Waals surface area (Å²) < 4.78 is 31.9. The van der Waals surface area contributed by atoms with Crippen LogP contribution in [-0.4, -0.2) is 95.1 Å². The van der Waals surface area contributed by atoms with E-state index in [4.69, 9.17) is 28.4 Å². The topological polar surface area (TPSA) is 194 Å². The summed E-state index contributed by atoms with van der Waals surface area (Å²) in [7, 11) is 0. The van der Waals surface area contributed by atoms with Crippen LogP contribution in [0.1, 0.15) is 84.5 Å². The van der Waals surface area contributed by atoms with Gasteiger partial charge in [0.25, 0.3) is 0 Å². The maximum Gasteiger partial charge on any atom is 0.338 e. The molecule has 0 saturated carbocycles. The van der Waals surface area contributed by atoms with Crippen LogP contribution in [0.5, 0.6) is 0 Å². The Morgan fingerprint density at radius 2 is 0.684 bits per heavy atom. The molecule has 0 aliphatic heterocycles. The van der Waals surface area contributed by atoms with Gasteiger partial charge in [-0.05, 0) is 100.0 Å². The molecule has 0 heterocycles. The fraction of sp³-hybridized carbons (Fsp3) is 0.429. The highest BCUT2D eigenvalue weighted by Gasteiger charge is 2.34. The zero-order valence-corrected chi connectivity index (χ0v) is 33.0. The van der Waals surface area contributed by atoms with Crippen LogP contribution < -0.4 is 16.0 Å². The summed E-state index contributed by atoms with van der Waals surface area (Å²) in [5, 5.41) is 9.33. The maximum atomic E-state index is 12.8. The van der Waals surface area contributed by atoms with Gasteiger partial charge in [0.1, 0.15) is 19.8 Å². The van der Waals surface area contributed by atoms with E-state index >= 15 is 0 Å². The molecule has 3 N–H and O–H groups in total. The Bertz CT molecular complexity index is 1540. The van der Waals surface area contributed by atoms with Crippen molar-refractivity contribution in [3.8, 4) is 0 Å². The van der Waals surface area contributed by atoms with E-state index in [1.807, 2.05) is 6.92 Å². The molecule has 0 unspecified atom stereocenters. The third kappa shape index (κ3) is 16.3. The minimum atomic E-state index is -1.02. The molecule has 308 valence electrons. The Morgan fingerprint density at radius 3 is 0.912 bits per heavy atom. The van der Waals surface area contributed by atoms with Crippen LogP contribution in [0.4, 0.5) is 17.1 Å². The van der Waals surface area contributed by atoms with Crippen molar-refractivity contribution in [2.24, 2.45) is 5.41 Å². The van der Waals surface area contributed by atoms with Crippen molar-refractivity contribution in [2.75, 3.05) is 75.2 Å². The van der Waals surface area contributed by atoms with Crippen molar-refractivity contribution in [1.82, 2.24) is 0 Å². The highest BCUT2D eigenvalue weighted by atomic mass is 16.6. The molecule has 0 fully saturated rings. The SMILES string of the molecule is CCOC(=O)c1ccc(NCCC(=O)OCC(CC)(COC(=O)CCNc2ccc(C(=O)OCC)cc2)COC(=O)CCNc2ccc(C(=O)OCC)cc2)cc1. The molecule has 0 bridgehead atoms. The first kappa shape index (κ1) is 45.3. The number of carbonyl (C=O) groups excluding carboxylic acids is 6. The lowest BCUT2D eigenvalue weighted by Gasteiger charge is -2.31. The van der Waals surface area contributed by atoms with Gasteiger partial charge in [0.15, 0.2) is 0 Å². The molecule has 0 aliphatic carbocycles. The van der Waals surface area contributed by atoms with Crippen LogP contribution in [0, 0.1) is 5.41 Å². The number of ether oxygens (including phenoxy) is 6. The zero-order chi connectivity index (χ0) is 41.5. The van der Waals surface area contributed by atoms with Gasteiger partial charge in [-0.15, -0.1) is 0 Å². The van der Waals surface area contributed by atoms with E-state index in [1.165, 1.54) is 0 Å². The second-order valence-corrected chi connectivity index (χ2v) is 12.8. The first-order chi connectivity index (χ1) is 27.5. The van der Waals surface area contributed by atoms with Crippen molar-refractivity contribution in [2.45, 2.75) is 53.4 Å². The Hall–Kier alpha value is -6.12. The number of hydrogen-bond donors (Lipinski definition) is 3. The molecule has 3 rings (SSSR count). The lowest BCUT2D eigenvalue weighted by atomic mass is 9.88. The zero-order valence-electron chi connectivity index (χ0n) is 33.0. The second-order valence-electron chi connectivity index (χ2n) is 12.8. The first-order valence-electron chi connectivity index (χ1n) is 19.0. The normalized spacial score (nSPS) is 10.7. The van der Waals surface area contributed by atoms with Crippen LogP contribution in [0.15, 0.2) is 72.8 Å². The fourth-order valence-corrected chi connectivity index (χ4v) is 5.09. The molecule has 0 radical (unpaired) electrons. The summed E-state index contributed by atoms with van der Waals surface area (Å²) in [5.41, 5.74) is 2.31. The van der Waals surface area contributed by atoms with Crippen LogP contribution >= 0.6 is 0 Å². The van der Waals surface area contributed by atoms with Crippen molar-refractivity contribution in [1.29, 1.82) is 0 Å². The van der Waals surface area contributed by atoms with E-state index in [1.54, 1.807) is 93.6 Å². The minimum Gasteiger partial charge on any atom is -0.465 e. The van der Waals surface area contributed by atoms with E-state index in [2.05, 4.69) is 16.0 Å². The fourth-order valence-electron chi connectivity index (χ4n) is 5.09. The molecule has 0 saturated heterocycles. The smallest absolute Gasteiger partial charge is 0.338 e. The van der Waals surface area contributed by atoms with Crippen molar-refractivity contribution in [3.05, 3.63) is 89.5 Å². The number of anilines is 3. The molecular weight excluding hydrogens is 738 g/mol. The van der Waals surface area contributed by atoms with Gasteiger partial charge in [-0.2, -0.15) is 0 Å². The number of rotatable bonds is 25. The summed E-state index contributed by atoms with van der Waals surface area (Å²) in [4.78, 5) is 74.1. The van der Waals surface area contributed by atoms with E-state index in [0.717, 1.165) is 0 Å². The molecule has 0 atom stereocenters. The third-order valence-corrected chi connectivity index (χ3v) is 8.53. The van der Waals surface area contributed by atoms with E-state index in [-0.39, 0.29) is 78.5 Å². The molecule has 3 aromatic carbocycles. The second kappa shape index (κ2) is 24.4. The Labute approximate surface area is 333 Å². The van der Waals surface area contributed by atoms with Gasteiger partial charge in [-0.3, -0.25) is 14.4 Å². The summed E-state index contributed by atoms with van der Waals surface area (Å²) in [6.45, 7) is 8.05. The molecular formula is C42H53N3O12. The molecule has 57 heavy (non-hydrogen) atoms. The average molecular weight is 792 g/mol. The van der Waals surface area contributed by atoms with Gasteiger partial charge in [-0.1, -0.05) is 6.92 Å². The first-order valence-corrected chi connectivity index (χ1v) is 19.0. The van der Waals surface area contributed by atoms with E-state index in [0.29, 0.717) is 40.2 Å². The van der Waals surface area contributed by atoms with Gasteiger partial charge in [0, 0.05) is 36.7 Å². The number of hydrogen-bond acceptors (Lipinski definition) is 15. The summed E-state index contributed by atoms with van der Waals surface area (Å²) in [6, 6.07) is 20.0. The van der Waals surface area contributed by atoms with Gasteiger partial charge >= 0.3 is 35.8 Å². The maximum absolute atomic E-state index is 12.8. The summed E-state index contributed by atoms with van der Waals surface area (Å²) in [5.74, 6) is -2.81. The number of esters is 6. The molecule has 0 aromatic heterocycles. The highest BCUT2D eigenvalue weighted by Crippen LogP contribution is 2.25. The van der Waals surface area contributed by atoms with Gasteiger partial charge in [-0.25, -0.2) is 14.4 Å². The van der Waals surface area contributed by atoms with Gasteiger partial charge < -0.3 is 44.4 Å². The van der Waals surface area contributed by atoms with Crippen molar-refractivity contribution in [3.63, 3.8) is 0 Å². The van der Waals surface area contributed by atoms with Crippen LogP contribution in [0.25, 0.3) is 0 Å². The Morgan fingerprint density at radius 1 is 0.421 bits per heavy atom. The third-order valence-electron chi connectivity index (χ3n) is 8.53. The van der Waals surface area contributed by atoms with E-state index < -0.39 is 41.2 Å². The highest BCUT2D eigenvalue weighted by molar-refractivity contribution is 5.91. The van der Waals surface area contributed by atoms with Crippen molar-refractivity contribution >= 4 is 52.9 Å². The number of nitrogens with one attached hydrogen (secondary N) is 3. The van der Waals surface area contributed by atoms with Crippen LogP contribution in [0.3, 0.4) is 0 Å². The Balaban J connectivity index is 1.53. The van der Waals surface area contributed by atoms with Crippen LogP contribution in [0.2, 0.25) is 0 Å². The summed E-state index contributed by atoms with van der Waals surface area (Å²) >= 11 is 0. The standard InChI is InChI=1S/C42H53N3O12/c1-5-42(27-55-36(46)21-24-43-33-15-9-30(10-16-33)39(49)52-6-2,28-56-37(47)22-25-44-34-17-11-31(12-18-34)40(50)53-7-3)29-57-38(48)23-26-45-35-19-13-32(14-20-35)41(51)54-8-4/h9-20,43-45H,5-8,21-29H2,1-4H3. The van der Waals surface area contributed by atoms with Gasteiger partial charge in [0.05, 0.1) is 61.2 Å². The molecule has 3 aromatic rings. The molecule has 0 amide bonds. The largest absolute Gasteiger partial charge is 0.465 e. The molecule has 15 nitrogen and oxygen atoms in total. The van der Waals surface area contributed by atoms with Gasteiger partial charge in [0.2, 0.25) is 0 Å². The average Bonchev–Trinajstić information content (AvgIpc) is 3.21. The van der Waals surface area contributed by atoms with E-state index in [9.17, 15) is 28.8 Å². The Kier molecular flexibility index (Phi) is 19.4. The predicted octanol–water partition coefficient (Wildman–Crippen LogP) is 6.05. The summed E-state index contributed by atoms with van der Waals surface area (Å²) in [6.07, 6.45) is 0.385. The molecule has 0 aliphatic rings. The molecule has 15 heteroatoms. The molecule has 0 spiro atoms. The lowest BCUT2D eigenvalue weighted by Crippen LogP contribution is -2.39. The van der Waals surface area contributed by atoms with Crippen molar-refractivity contribution < 1.29 is 57.2 Å². The quantitative estimate of drug-likeness (QED) is 0.0663. The lowest BCUT2D eigenvalue weighted by molar-refractivity contribution is -0.162. The van der Waals surface area contributed by atoms with Crippen LogP contribution in [-0.2, 0) is 42.8 Å². The minimum absolute atomic E-state index is 0.0118. The monoisotopic (exact) mass is 791 g/mol. The number of benzene rings is 3.